The van der Waals surface area contributed by atoms with Gasteiger partial charge < -0.3 is 20.1 Å². The molecule has 0 radical (unpaired) electrons. The Hall–Kier alpha value is -1.59. The van der Waals surface area contributed by atoms with Gasteiger partial charge in [-0.2, -0.15) is 0 Å². The van der Waals surface area contributed by atoms with E-state index < -0.39 is 0 Å². The SMILES string of the molecule is CCNCC(=O)Nc1cccc(OCCOC)c1. The summed E-state index contributed by atoms with van der Waals surface area (Å²) >= 11 is 0. The van der Waals surface area contributed by atoms with Gasteiger partial charge >= 0.3 is 0 Å². The highest BCUT2D eigenvalue weighted by Gasteiger charge is 2.02. The Morgan fingerprint density at radius 2 is 2.17 bits per heavy atom. The minimum Gasteiger partial charge on any atom is -0.491 e. The zero-order valence-electron chi connectivity index (χ0n) is 10.9. The number of likely N-dealkylation sites (N-methyl/N-ethyl adjacent to an activating group) is 1. The van der Waals surface area contributed by atoms with Crippen LogP contribution in [0.3, 0.4) is 0 Å². The van der Waals surface area contributed by atoms with E-state index in [2.05, 4.69) is 10.6 Å². The number of carbonyl (C=O) groups is 1. The molecule has 0 aromatic heterocycles. The summed E-state index contributed by atoms with van der Waals surface area (Å²) < 4.78 is 10.4. The maximum Gasteiger partial charge on any atom is 0.238 e. The van der Waals surface area contributed by atoms with Gasteiger partial charge in [0.05, 0.1) is 13.2 Å². The lowest BCUT2D eigenvalue weighted by atomic mass is 10.3. The van der Waals surface area contributed by atoms with Crippen molar-refractivity contribution >= 4 is 11.6 Å². The largest absolute Gasteiger partial charge is 0.491 e. The molecule has 1 aromatic rings. The molecule has 100 valence electrons. The van der Waals surface area contributed by atoms with Gasteiger partial charge in [0, 0.05) is 18.9 Å². The summed E-state index contributed by atoms with van der Waals surface area (Å²) in [6.07, 6.45) is 0. The van der Waals surface area contributed by atoms with Gasteiger partial charge in [0.25, 0.3) is 0 Å². The summed E-state index contributed by atoms with van der Waals surface area (Å²) in [6, 6.07) is 7.30. The lowest BCUT2D eigenvalue weighted by molar-refractivity contribution is -0.115. The number of ether oxygens (including phenoxy) is 2. The second-order valence-corrected chi connectivity index (χ2v) is 3.70. The van der Waals surface area contributed by atoms with Crippen molar-refractivity contribution in [3.63, 3.8) is 0 Å². The molecule has 18 heavy (non-hydrogen) atoms. The monoisotopic (exact) mass is 252 g/mol. The van der Waals surface area contributed by atoms with Crippen molar-refractivity contribution in [3.05, 3.63) is 24.3 Å². The molecule has 0 aliphatic rings. The van der Waals surface area contributed by atoms with Crippen LogP contribution in [0.1, 0.15) is 6.92 Å². The molecule has 0 spiro atoms. The number of nitrogens with one attached hydrogen (secondary N) is 2. The van der Waals surface area contributed by atoms with Crippen molar-refractivity contribution in [2.24, 2.45) is 0 Å². The van der Waals surface area contributed by atoms with Gasteiger partial charge in [0.1, 0.15) is 12.4 Å². The third-order valence-electron chi connectivity index (χ3n) is 2.21. The van der Waals surface area contributed by atoms with E-state index in [4.69, 9.17) is 9.47 Å². The fourth-order valence-corrected chi connectivity index (χ4v) is 1.35. The third-order valence-corrected chi connectivity index (χ3v) is 2.21. The predicted octanol–water partition coefficient (Wildman–Crippen LogP) is 1.26. The Balaban J connectivity index is 2.45. The Morgan fingerprint density at radius 3 is 2.89 bits per heavy atom. The molecule has 0 aliphatic heterocycles. The number of methoxy groups -OCH3 is 1. The van der Waals surface area contributed by atoms with Gasteiger partial charge in [0.2, 0.25) is 5.91 Å². The van der Waals surface area contributed by atoms with Gasteiger partial charge in [-0.05, 0) is 18.7 Å². The van der Waals surface area contributed by atoms with E-state index in [1.54, 1.807) is 13.2 Å². The lowest BCUT2D eigenvalue weighted by Gasteiger charge is -2.09. The molecule has 0 unspecified atom stereocenters. The van der Waals surface area contributed by atoms with Crippen LogP contribution in [0.5, 0.6) is 5.75 Å². The summed E-state index contributed by atoms with van der Waals surface area (Å²) in [7, 11) is 1.63. The number of benzene rings is 1. The van der Waals surface area contributed by atoms with Crippen LogP contribution in [0, 0.1) is 0 Å². The normalized spacial score (nSPS) is 10.1. The Bertz CT molecular complexity index is 369. The van der Waals surface area contributed by atoms with Crippen LogP contribution >= 0.6 is 0 Å². The topological polar surface area (TPSA) is 59.6 Å². The van der Waals surface area contributed by atoms with E-state index in [1.807, 2.05) is 25.1 Å². The van der Waals surface area contributed by atoms with E-state index in [0.29, 0.717) is 25.5 Å². The first-order valence-electron chi connectivity index (χ1n) is 5.98. The predicted molar refractivity (Wildman–Crippen MR) is 71.0 cm³/mol. The average molecular weight is 252 g/mol. The first kappa shape index (κ1) is 14.5. The maximum absolute atomic E-state index is 11.5. The van der Waals surface area contributed by atoms with Gasteiger partial charge in [-0.15, -0.1) is 0 Å². The number of rotatable bonds is 8. The van der Waals surface area contributed by atoms with E-state index in [0.717, 1.165) is 12.2 Å². The minimum atomic E-state index is -0.0640. The van der Waals surface area contributed by atoms with Crippen molar-refractivity contribution in [1.82, 2.24) is 5.32 Å². The standard InChI is InChI=1S/C13H20N2O3/c1-3-14-10-13(16)15-11-5-4-6-12(9-11)18-8-7-17-2/h4-6,9,14H,3,7-8,10H2,1-2H3,(H,15,16). The summed E-state index contributed by atoms with van der Waals surface area (Å²) in [5.74, 6) is 0.652. The van der Waals surface area contributed by atoms with Gasteiger partial charge in [-0.1, -0.05) is 13.0 Å². The molecule has 0 heterocycles. The highest BCUT2D eigenvalue weighted by atomic mass is 16.5. The third kappa shape index (κ3) is 5.65. The van der Waals surface area contributed by atoms with Crippen LogP contribution in [-0.2, 0) is 9.53 Å². The molecule has 0 bridgehead atoms. The van der Waals surface area contributed by atoms with Crippen LogP contribution in [0.15, 0.2) is 24.3 Å². The molecule has 0 aliphatic carbocycles. The fraction of sp³-hybridized carbons (Fsp3) is 0.462. The van der Waals surface area contributed by atoms with Crippen LogP contribution in [0.4, 0.5) is 5.69 Å². The summed E-state index contributed by atoms with van der Waals surface area (Å²) in [5, 5.41) is 5.76. The first-order valence-corrected chi connectivity index (χ1v) is 5.98. The van der Waals surface area contributed by atoms with E-state index in [-0.39, 0.29) is 5.91 Å². The number of amides is 1. The van der Waals surface area contributed by atoms with Crippen LogP contribution < -0.4 is 15.4 Å². The van der Waals surface area contributed by atoms with Crippen molar-refractivity contribution < 1.29 is 14.3 Å². The van der Waals surface area contributed by atoms with Gasteiger partial charge in [-0.25, -0.2) is 0 Å². The molecule has 0 fully saturated rings. The van der Waals surface area contributed by atoms with E-state index in [1.165, 1.54) is 0 Å². The molecule has 1 amide bonds. The molecule has 0 saturated carbocycles. The smallest absolute Gasteiger partial charge is 0.238 e. The summed E-state index contributed by atoms with van der Waals surface area (Å²) in [4.78, 5) is 11.5. The molecule has 5 nitrogen and oxygen atoms in total. The zero-order chi connectivity index (χ0) is 13.2. The fourth-order valence-electron chi connectivity index (χ4n) is 1.35. The maximum atomic E-state index is 11.5. The molecule has 0 saturated heterocycles. The number of hydrogen-bond donors (Lipinski definition) is 2. The summed E-state index contributed by atoms with van der Waals surface area (Å²) in [6.45, 7) is 4.07. The van der Waals surface area contributed by atoms with Crippen LogP contribution in [0.2, 0.25) is 0 Å². The summed E-state index contributed by atoms with van der Waals surface area (Å²) in [5.41, 5.74) is 0.729. The van der Waals surface area contributed by atoms with Crippen LogP contribution in [0.25, 0.3) is 0 Å². The number of anilines is 1. The molecule has 0 atom stereocenters. The quantitative estimate of drug-likeness (QED) is 0.684. The van der Waals surface area contributed by atoms with E-state index in [9.17, 15) is 4.79 Å². The van der Waals surface area contributed by atoms with E-state index >= 15 is 0 Å². The average Bonchev–Trinajstić information content (AvgIpc) is 2.37. The molecule has 2 N–H and O–H groups in total. The molecule has 5 heteroatoms. The molecular weight excluding hydrogens is 232 g/mol. The van der Waals surface area contributed by atoms with Crippen molar-refractivity contribution in [2.75, 3.05) is 38.7 Å². The number of hydrogen-bond acceptors (Lipinski definition) is 4. The second-order valence-electron chi connectivity index (χ2n) is 3.70. The van der Waals surface area contributed by atoms with Crippen molar-refractivity contribution in [1.29, 1.82) is 0 Å². The molecule has 1 aromatic carbocycles. The Kier molecular flexibility index (Phi) is 6.83. The Labute approximate surface area is 107 Å². The van der Waals surface area contributed by atoms with Gasteiger partial charge in [0.15, 0.2) is 0 Å². The lowest BCUT2D eigenvalue weighted by Crippen LogP contribution is -2.27. The second kappa shape index (κ2) is 8.49. The first-order chi connectivity index (χ1) is 8.76. The molecule has 1 rings (SSSR count). The van der Waals surface area contributed by atoms with Crippen LogP contribution in [-0.4, -0.2) is 39.3 Å². The highest BCUT2D eigenvalue weighted by Crippen LogP contribution is 2.17. The zero-order valence-corrected chi connectivity index (χ0v) is 10.9. The molecular formula is C13H20N2O3. The van der Waals surface area contributed by atoms with Gasteiger partial charge in [-0.3, -0.25) is 4.79 Å². The Morgan fingerprint density at radius 1 is 1.33 bits per heavy atom. The highest BCUT2D eigenvalue weighted by molar-refractivity contribution is 5.92. The van der Waals surface area contributed by atoms with Crippen molar-refractivity contribution in [3.8, 4) is 5.75 Å². The minimum absolute atomic E-state index is 0.0640. The van der Waals surface area contributed by atoms with Crippen molar-refractivity contribution in [2.45, 2.75) is 6.92 Å². The number of carbonyl (C=O) groups excluding carboxylic acids is 1.